The van der Waals surface area contributed by atoms with Crippen LogP contribution in [0, 0.1) is 0 Å². The Hall–Kier alpha value is -1.64. The third kappa shape index (κ3) is 3.34. The second-order valence-electron chi connectivity index (χ2n) is 5.49. The Morgan fingerprint density at radius 1 is 1.00 bits per heavy atom. The normalized spacial score (nSPS) is 21.1. The van der Waals surface area contributed by atoms with Crippen LogP contribution in [0.4, 0.5) is 0 Å². The van der Waals surface area contributed by atoms with Gasteiger partial charge in [0, 0.05) is 5.92 Å². The Morgan fingerprint density at radius 3 is 2.43 bits per heavy atom. The van der Waals surface area contributed by atoms with Crippen molar-refractivity contribution in [2.24, 2.45) is 5.73 Å². The fourth-order valence-corrected chi connectivity index (χ4v) is 3.03. The first-order valence-electron chi connectivity index (χ1n) is 7.17. The summed E-state index contributed by atoms with van der Waals surface area (Å²) < 4.78 is 0. The number of rotatable bonds is 2. The zero-order valence-electron chi connectivity index (χ0n) is 11.9. The number of Topliss-reactive ketones (excluding diaryl/α,β-unsaturated/α-hetero) is 1. The molecular weight excluding hydrogens is 282 g/mol. The number of hydrogen-bond acceptors (Lipinski definition) is 2. The molecule has 0 bridgehead atoms. The number of carbonyl (C=O) groups excluding carboxylic acids is 1. The van der Waals surface area contributed by atoms with Crippen molar-refractivity contribution >= 4 is 18.2 Å². The highest BCUT2D eigenvalue weighted by atomic mass is 35.5. The number of benzene rings is 2. The van der Waals surface area contributed by atoms with E-state index in [0.717, 1.165) is 24.8 Å². The molecule has 0 aliphatic heterocycles. The van der Waals surface area contributed by atoms with Crippen LogP contribution < -0.4 is 5.73 Å². The minimum atomic E-state index is -0.337. The fraction of sp³-hybridized carbons (Fsp3) is 0.278. The molecule has 1 aliphatic carbocycles. The third-order valence-electron chi connectivity index (χ3n) is 4.15. The van der Waals surface area contributed by atoms with Crippen LogP contribution in [0.1, 0.15) is 29.0 Å². The van der Waals surface area contributed by atoms with Crippen molar-refractivity contribution in [2.75, 3.05) is 0 Å². The van der Waals surface area contributed by atoms with Crippen molar-refractivity contribution in [3.05, 3.63) is 71.3 Å². The number of hydrogen-bond donors (Lipinski definition) is 1. The molecule has 2 nitrogen and oxygen atoms in total. The van der Waals surface area contributed by atoms with Crippen molar-refractivity contribution < 1.29 is 4.79 Å². The van der Waals surface area contributed by atoms with Gasteiger partial charge in [0.2, 0.25) is 0 Å². The lowest BCUT2D eigenvalue weighted by molar-refractivity contribution is -0.121. The first-order valence-corrected chi connectivity index (χ1v) is 7.17. The summed E-state index contributed by atoms with van der Waals surface area (Å²) >= 11 is 0. The van der Waals surface area contributed by atoms with E-state index in [1.54, 1.807) is 0 Å². The highest BCUT2D eigenvalue weighted by molar-refractivity contribution is 5.91. The summed E-state index contributed by atoms with van der Waals surface area (Å²) in [5.74, 6) is 0.0740. The van der Waals surface area contributed by atoms with E-state index >= 15 is 0 Å². The summed E-state index contributed by atoms with van der Waals surface area (Å²) in [6.45, 7) is 0. The second-order valence-corrected chi connectivity index (χ2v) is 5.49. The summed E-state index contributed by atoms with van der Waals surface area (Å²) in [6.07, 6.45) is 2.39. The minimum absolute atomic E-state index is 0. The lowest BCUT2D eigenvalue weighted by Crippen LogP contribution is -2.34. The van der Waals surface area contributed by atoms with E-state index < -0.39 is 0 Å². The van der Waals surface area contributed by atoms with E-state index in [0.29, 0.717) is 0 Å². The average Bonchev–Trinajstić information content (AvgIpc) is 2.61. The Morgan fingerprint density at radius 2 is 1.67 bits per heavy atom. The first-order chi connectivity index (χ1) is 9.75. The van der Waals surface area contributed by atoms with E-state index in [2.05, 4.69) is 24.3 Å². The summed E-state index contributed by atoms with van der Waals surface area (Å²) in [5.41, 5.74) is 9.68. The minimum Gasteiger partial charge on any atom is -0.321 e. The molecule has 110 valence electrons. The molecule has 3 heteroatoms. The van der Waals surface area contributed by atoms with Crippen molar-refractivity contribution in [1.82, 2.24) is 0 Å². The van der Waals surface area contributed by atoms with Crippen molar-refractivity contribution in [3.8, 4) is 0 Å². The van der Waals surface area contributed by atoms with E-state index in [1.165, 1.54) is 11.1 Å². The summed E-state index contributed by atoms with van der Waals surface area (Å²) in [4.78, 5) is 12.6. The molecule has 2 aromatic carbocycles. The molecule has 2 atom stereocenters. The molecule has 0 saturated carbocycles. The maximum absolute atomic E-state index is 12.6. The second kappa shape index (κ2) is 6.88. The molecule has 0 unspecified atom stereocenters. The molecule has 0 heterocycles. The van der Waals surface area contributed by atoms with Gasteiger partial charge in [0.05, 0.1) is 6.04 Å². The number of nitrogens with two attached hydrogens (primary N) is 1. The van der Waals surface area contributed by atoms with Crippen molar-refractivity contribution in [1.29, 1.82) is 0 Å². The smallest absolute Gasteiger partial charge is 0.157 e. The van der Waals surface area contributed by atoms with Gasteiger partial charge in [-0.15, -0.1) is 12.4 Å². The van der Waals surface area contributed by atoms with E-state index in [4.69, 9.17) is 5.73 Å². The van der Waals surface area contributed by atoms with Crippen LogP contribution in [0.5, 0.6) is 0 Å². The van der Waals surface area contributed by atoms with E-state index in [9.17, 15) is 4.79 Å². The van der Waals surface area contributed by atoms with Gasteiger partial charge in [-0.1, -0.05) is 54.6 Å². The number of halogens is 1. The lowest BCUT2D eigenvalue weighted by Gasteiger charge is -2.18. The molecule has 0 saturated heterocycles. The Balaban J connectivity index is 0.00000161. The van der Waals surface area contributed by atoms with Crippen molar-refractivity contribution in [2.45, 2.75) is 31.2 Å². The van der Waals surface area contributed by atoms with Crippen LogP contribution in [0.2, 0.25) is 0 Å². The topological polar surface area (TPSA) is 43.1 Å². The highest BCUT2D eigenvalue weighted by Gasteiger charge is 2.30. The predicted octanol–water partition coefficient (Wildman–Crippen LogP) is 3.28. The van der Waals surface area contributed by atoms with Crippen LogP contribution in [0.25, 0.3) is 0 Å². The third-order valence-corrected chi connectivity index (χ3v) is 4.15. The number of fused-ring (bicyclic) bond motifs is 1. The van der Waals surface area contributed by atoms with Gasteiger partial charge >= 0.3 is 0 Å². The molecule has 2 aromatic rings. The van der Waals surface area contributed by atoms with E-state index in [1.807, 2.05) is 30.3 Å². The Labute approximate surface area is 131 Å². The standard InChI is InChI=1S/C18H19NO.ClH/c19-17-11-10-14-8-4-5-9-15(14)16(18(17)20)12-13-6-2-1-3-7-13;/h1-9,16-17H,10-12,19H2;1H/t16-,17+;/m1./s1. The van der Waals surface area contributed by atoms with E-state index in [-0.39, 0.29) is 30.2 Å². The van der Waals surface area contributed by atoms with Crippen LogP contribution in [-0.2, 0) is 17.6 Å². The molecule has 0 amide bonds. The molecule has 21 heavy (non-hydrogen) atoms. The zero-order chi connectivity index (χ0) is 13.9. The van der Waals surface area contributed by atoms with Gasteiger partial charge in [-0.25, -0.2) is 0 Å². The summed E-state index contributed by atoms with van der Waals surface area (Å²) in [5, 5.41) is 0. The van der Waals surface area contributed by atoms with Crippen LogP contribution in [0.15, 0.2) is 54.6 Å². The molecule has 0 spiro atoms. The molecule has 0 radical (unpaired) electrons. The van der Waals surface area contributed by atoms with Gasteiger partial charge in [0.25, 0.3) is 0 Å². The van der Waals surface area contributed by atoms with Gasteiger partial charge in [0.1, 0.15) is 0 Å². The van der Waals surface area contributed by atoms with Crippen LogP contribution >= 0.6 is 12.4 Å². The first kappa shape index (κ1) is 15.7. The van der Waals surface area contributed by atoms with Gasteiger partial charge < -0.3 is 5.73 Å². The molecular formula is C18H20ClNO. The zero-order valence-corrected chi connectivity index (χ0v) is 12.7. The Kier molecular flexibility index (Phi) is 5.16. The molecule has 0 aromatic heterocycles. The molecule has 2 N–H and O–H groups in total. The number of carbonyl (C=O) groups is 1. The quantitative estimate of drug-likeness (QED) is 0.865. The number of ketones is 1. The molecule has 3 rings (SSSR count). The van der Waals surface area contributed by atoms with Gasteiger partial charge in [-0.3, -0.25) is 4.79 Å². The van der Waals surface area contributed by atoms with Crippen LogP contribution in [-0.4, -0.2) is 11.8 Å². The predicted molar refractivity (Wildman–Crippen MR) is 87.9 cm³/mol. The monoisotopic (exact) mass is 301 g/mol. The van der Waals surface area contributed by atoms with Crippen LogP contribution in [0.3, 0.4) is 0 Å². The molecule has 1 aliphatic rings. The summed E-state index contributed by atoms with van der Waals surface area (Å²) in [6, 6.07) is 18.1. The molecule has 0 fully saturated rings. The summed E-state index contributed by atoms with van der Waals surface area (Å²) in [7, 11) is 0. The average molecular weight is 302 g/mol. The van der Waals surface area contributed by atoms with Gasteiger partial charge in [0.15, 0.2) is 5.78 Å². The van der Waals surface area contributed by atoms with Gasteiger partial charge in [-0.05, 0) is 36.0 Å². The Bertz CT molecular complexity index is 612. The largest absolute Gasteiger partial charge is 0.321 e. The fourth-order valence-electron chi connectivity index (χ4n) is 3.03. The maximum atomic E-state index is 12.6. The SMILES string of the molecule is Cl.N[C@H]1CCc2ccccc2[C@@H](Cc2ccccc2)C1=O. The van der Waals surface area contributed by atoms with Gasteiger partial charge in [-0.2, -0.15) is 0 Å². The maximum Gasteiger partial charge on any atom is 0.157 e. The highest BCUT2D eigenvalue weighted by Crippen LogP contribution is 2.30. The number of aryl methyl sites for hydroxylation is 1. The van der Waals surface area contributed by atoms with Crippen molar-refractivity contribution in [3.63, 3.8) is 0 Å². The lowest BCUT2D eigenvalue weighted by atomic mass is 9.86.